The second-order valence-corrected chi connectivity index (χ2v) is 7.40. The van der Waals surface area contributed by atoms with Gasteiger partial charge in [-0.25, -0.2) is 14.0 Å². The van der Waals surface area contributed by atoms with Crippen molar-refractivity contribution in [3.8, 4) is 0 Å². The summed E-state index contributed by atoms with van der Waals surface area (Å²) in [5.41, 5.74) is 0. The summed E-state index contributed by atoms with van der Waals surface area (Å²) < 4.78 is 12.2. The highest BCUT2D eigenvalue weighted by Crippen LogP contribution is 2.59. The predicted octanol–water partition coefficient (Wildman–Crippen LogP) is 2.17. The maximum Gasteiger partial charge on any atom is 0.167 e. The fraction of sp³-hybridized carbons (Fsp3) is 1.00. The van der Waals surface area contributed by atoms with E-state index in [1.165, 1.54) is 19.5 Å². The van der Waals surface area contributed by atoms with E-state index >= 15 is 0 Å². The van der Waals surface area contributed by atoms with Gasteiger partial charge in [0, 0.05) is 33.2 Å². The molecule has 0 radical (unpaired) electrons. The first-order valence-electron chi connectivity index (χ1n) is 5.82. The van der Waals surface area contributed by atoms with Crippen molar-refractivity contribution >= 4 is 7.51 Å². The van der Waals surface area contributed by atoms with E-state index < -0.39 is 7.51 Å². The molecule has 0 saturated carbocycles. The zero-order valence-electron chi connectivity index (χ0n) is 10.8. The van der Waals surface area contributed by atoms with Gasteiger partial charge in [0.25, 0.3) is 0 Å². The molecule has 0 spiro atoms. The van der Waals surface area contributed by atoms with Crippen LogP contribution in [0.15, 0.2) is 4.74 Å². The molecule has 0 N–H and O–H groups in total. The van der Waals surface area contributed by atoms with Gasteiger partial charge in [-0.15, -0.1) is 0 Å². The molecular weight excluding hydrogens is 207 g/mol. The first-order chi connectivity index (χ1) is 7.13. The number of nitrogens with zero attached hydrogens (tertiary/aromatic N) is 4. The van der Waals surface area contributed by atoms with Gasteiger partial charge in [0.15, 0.2) is 7.51 Å². The van der Waals surface area contributed by atoms with Crippen molar-refractivity contribution in [3.05, 3.63) is 0 Å². The van der Waals surface area contributed by atoms with E-state index in [4.69, 9.17) is 4.74 Å². The average Bonchev–Trinajstić information content (AvgIpc) is 2.24. The largest absolute Gasteiger partial charge is 0.264 e. The van der Waals surface area contributed by atoms with Crippen LogP contribution in [0.5, 0.6) is 0 Å². The highest BCUT2D eigenvalue weighted by atomic mass is 31.2. The van der Waals surface area contributed by atoms with E-state index in [1.807, 2.05) is 7.05 Å². The molecule has 0 aliphatic carbocycles. The minimum Gasteiger partial charge on any atom is -0.264 e. The summed E-state index contributed by atoms with van der Waals surface area (Å²) in [7, 11) is 4.87. The molecule has 0 aromatic heterocycles. The van der Waals surface area contributed by atoms with Crippen LogP contribution in [0, 0.1) is 0 Å². The van der Waals surface area contributed by atoms with Gasteiger partial charge in [0.1, 0.15) is 0 Å². The third-order valence-corrected chi connectivity index (χ3v) is 7.35. The van der Waals surface area contributed by atoms with Gasteiger partial charge in [0.05, 0.1) is 0 Å². The Morgan fingerprint density at radius 3 is 1.93 bits per heavy atom. The summed E-state index contributed by atoms with van der Waals surface area (Å²) in [5.74, 6) is 0. The Labute approximate surface area is 94.5 Å². The van der Waals surface area contributed by atoms with Crippen LogP contribution in [0.25, 0.3) is 0 Å². The zero-order chi connectivity index (χ0) is 11.5. The van der Waals surface area contributed by atoms with Crippen LogP contribution in [0.2, 0.25) is 0 Å². The Balaban J connectivity index is 3.09. The van der Waals surface area contributed by atoms with Gasteiger partial charge in [-0.1, -0.05) is 13.8 Å². The van der Waals surface area contributed by atoms with E-state index in [1.54, 1.807) is 0 Å². The van der Waals surface area contributed by atoms with Gasteiger partial charge in [-0.3, -0.25) is 4.74 Å². The van der Waals surface area contributed by atoms with E-state index in [0.29, 0.717) is 0 Å². The molecule has 1 saturated heterocycles. The third-order valence-electron chi connectivity index (χ3n) is 3.26. The maximum absolute atomic E-state index is 4.77. The SMILES string of the molecule is CCN(CC)P1(=NC)N(C)CCCN1C. The standard InChI is InChI=1S/C10H25N4P/c1-6-14(7-2)15(11-3)12(4)9-8-10-13(15)5/h6-10H2,1-5H3. The zero-order valence-corrected chi connectivity index (χ0v) is 11.7. The van der Waals surface area contributed by atoms with Gasteiger partial charge in [-0.2, -0.15) is 0 Å². The molecule has 1 aliphatic heterocycles. The van der Waals surface area contributed by atoms with Gasteiger partial charge >= 0.3 is 0 Å². The van der Waals surface area contributed by atoms with E-state index in [9.17, 15) is 0 Å². The van der Waals surface area contributed by atoms with E-state index in [2.05, 4.69) is 42.0 Å². The van der Waals surface area contributed by atoms with Crippen LogP contribution in [-0.4, -0.2) is 61.3 Å². The average molecular weight is 232 g/mol. The fourth-order valence-corrected chi connectivity index (χ4v) is 6.35. The molecule has 5 heteroatoms. The predicted molar refractivity (Wildman–Crippen MR) is 68.1 cm³/mol. The number of rotatable bonds is 3. The normalized spacial score (nSPS) is 23.3. The lowest BCUT2D eigenvalue weighted by Gasteiger charge is -2.49. The van der Waals surface area contributed by atoms with Crippen molar-refractivity contribution < 1.29 is 0 Å². The summed E-state index contributed by atoms with van der Waals surface area (Å²) >= 11 is 0. The molecular formula is C10H25N4P. The lowest BCUT2D eigenvalue weighted by Crippen LogP contribution is -2.42. The molecule has 0 aromatic rings. The van der Waals surface area contributed by atoms with Gasteiger partial charge in [-0.05, 0) is 20.5 Å². The second kappa shape index (κ2) is 5.44. The Morgan fingerprint density at radius 2 is 1.60 bits per heavy atom. The monoisotopic (exact) mass is 232 g/mol. The number of hydrogen-bond acceptors (Lipinski definition) is 1. The fourth-order valence-electron chi connectivity index (χ4n) is 2.52. The Hall–Kier alpha value is 0.110. The summed E-state index contributed by atoms with van der Waals surface area (Å²) in [6, 6.07) is 0. The molecule has 0 bridgehead atoms. The Bertz CT molecular complexity index is 236. The molecule has 1 fully saturated rings. The van der Waals surface area contributed by atoms with Crippen molar-refractivity contribution in [1.29, 1.82) is 0 Å². The molecule has 0 aromatic carbocycles. The van der Waals surface area contributed by atoms with Crippen molar-refractivity contribution in [3.63, 3.8) is 0 Å². The first kappa shape index (κ1) is 13.2. The summed E-state index contributed by atoms with van der Waals surface area (Å²) in [4.78, 5) is 0. The molecule has 15 heavy (non-hydrogen) atoms. The summed E-state index contributed by atoms with van der Waals surface area (Å²) in [5, 5.41) is 0. The van der Waals surface area contributed by atoms with Crippen LogP contribution in [0.3, 0.4) is 0 Å². The molecule has 1 heterocycles. The molecule has 90 valence electrons. The Morgan fingerprint density at radius 1 is 1.13 bits per heavy atom. The van der Waals surface area contributed by atoms with Crippen LogP contribution in [0.1, 0.15) is 20.3 Å². The van der Waals surface area contributed by atoms with Crippen molar-refractivity contribution in [1.82, 2.24) is 14.0 Å². The van der Waals surface area contributed by atoms with Crippen LogP contribution < -0.4 is 0 Å². The first-order valence-corrected chi connectivity index (χ1v) is 7.42. The lowest BCUT2D eigenvalue weighted by atomic mass is 10.4. The van der Waals surface area contributed by atoms with Gasteiger partial charge < -0.3 is 0 Å². The highest BCUT2D eigenvalue weighted by Gasteiger charge is 2.36. The summed E-state index contributed by atoms with van der Waals surface area (Å²) in [6.07, 6.45) is 1.26. The van der Waals surface area contributed by atoms with Crippen molar-refractivity contribution in [2.75, 3.05) is 47.3 Å². The second-order valence-electron chi connectivity index (χ2n) is 3.99. The van der Waals surface area contributed by atoms with Crippen LogP contribution in [-0.2, 0) is 0 Å². The quantitative estimate of drug-likeness (QED) is 0.696. The van der Waals surface area contributed by atoms with Crippen LogP contribution in [0.4, 0.5) is 0 Å². The number of hydrogen-bond donors (Lipinski definition) is 0. The smallest absolute Gasteiger partial charge is 0.167 e. The van der Waals surface area contributed by atoms with Crippen molar-refractivity contribution in [2.45, 2.75) is 20.3 Å². The molecule has 4 nitrogen and oxygen atoms in total. The molecule has 0 atom stereocenters. The minimum atomic E-state index is -1.54. The van der Waals surface area contributed by atoms with Crippen molar-refractivity contribution in [2.24, 2.45) is 4.74 Å². The van der Waals surface area contributed by atoms with E-state index in [-0.39, 0.29) is 0 Å². The summed E-state index contributed by atoms with van der Waals surface area (Å²) in [6.45, 7) is 8.96. The molecule has 0 amide bonds. The topological polar surface area (TPSA) is 22.1 Å². The Kier molecular flexibility index (Phi) is 4.78. The van der Waals surface area contributed by atoms with Gasteiger partial charge in [0.2, 0.25) is 0 Å². The molecule has 1 rings (SSSR count). The van der Waals surface area contributed by atoms with E-state index in [0.717, 1.165) is 13.1 Å². The third kappa shape index (κ3) is 2.14. The lowest BCUT2D eigenvalue weighted by molar-refractivity contribution is 0.316. The van der Waals surface area contributed by atoms with Crippen LogP contribution >= 0.6 is 7.51 Å². The highest BCUT2D eigenvalue weighted by molar-refractivity contribution is 7.59. The maximum atomic E-state index is 4.77. The minimum absolute atomic E-state index is 1.08. The molecule has 0 unspecified atom stereocenters. The molecule has 1 aliphatic rings.